The van der Waals surface area contributed by atoms with Gasteiger partial charge in [0.1, 0.15) is 30.0 Å². The lowest BCUT2D eigenvalue weighted by molar-refractivity contribution is -0.133. The molecule has 0 aliphatic heterocycles. The number of nitrogens with one attached hydrogen (secondary N) is 1. The fourth-order valence-electron chi connectivity index (χ4n) is 3.44. The monoisotopic (exact) mass is 477 g/mol. The number of ether oxygens (including phenoxy) is 4. The maximum absolute atomic E-state index is 12.3. The van der Waals surface area contributed by atoms with Crippen LogP contribution in [0.15, 0.2) is 72.8 Å². The van der Waals surface area contributed by atoms with Gasteiger partial charge in [-0.05, 0) is 35.4 Å². The minimum Gasteiger partial charge on any atom is -0.497 e. The number of hydrogen-bond donors (Lipinski definition) is 2. The van der Waals surface area contributed by atoms with Gasteiger partial charge in [-0.1, -0.05) is 48.5 Å². The third kappa shape index (κ3) is 7.60. The molecule has 0 aromatic heterocycles. The van der Waals surface area contributed by atoms with Crippen LogP contribution in [0.5, 0.6) is 17.2 Å². The highest BCUT2D eigenvalue weighted by atomic mass is 16.5. The van der Waals surface area contributed by atoms with Crippen LogP contribution in [0.3, 0.4) is 0 Å². The van der Waals surface area contributed by atoms with Gasteiger partial charge in [-0.15, -0.1) is 0 Å². The molecule has 0 bridgehead atoms. The maximum atomic E-state index is 12.3. The van der Waals surface area contributed by atoms with E-state index in [4.69, 9.17) is 18.9 Å². The number of benzene rings is 3. The Morgan fingerprint density at radius 3 is 2.31 bits per heavy atom. The third-order valence-electron chi connectivity index (χ3n) is 5.31. The second-order valence-corrected chi connectivity index (χ2v) is 7.76. The first-order valence-electron chi connectivity index (χ1n) is 11.2. The predicted octanol–water partition coefficient (Wildman–Crippen LogP) is 3.95. The molecule has 0 saturated heterocycles. The van der Waals surface area contributed by atoms with Crippen molar-refractivity contribution < 1.29 is 28.8 Å². The van der Waals surface area contributed by atoms with E-state index < -0.39 is 12.1 Å². The van der Waals surface area contributed by atoms with Crippen molar-refractivity contribution >= 4 is 17.6 Å². The number of hydrogen-bond acceptors (Lipinski definition) is 7. The van der Waals surface area contributed by atoms with Crippen LogP contribution < -0.4 is 19.5 Å². The van der Waals surface area contributed by atoms with Crippen molar-refractivity contribution in [3.8, 4) is 17.2 Å². The number of methoxy groups -OCH3 is 3. The van der Waals surface area contributed by atoms with E-state index in [1.165, 1.54) is 7.11 Å². The van der Waals surface area contributed by atoms with Crippen LogP contribution in [-0.2, 0) is 16.1 Å². The van der Waals surface area contributed by atoms with Crippen LogP contribution in [0.4, 0.5) is 0 Å². The summed E-state index contributed by atoms with van der Waals surface area (Å²) in [4.78, 5) is 12.3. The molecule has 0 aliphatic carbocycles. The Morgan fingerprint density at radius 1 is 0.943 bits per heavy atom. The molecular weight excluding hydrogens is 446 g/mol. The SMILES string of the molecule is COC(=O)C(=Cc1ccccc1)c1ccc(OCC(O)CNCc2ccc(OC)cc2OC)cc1. The van der Waals surface area contributed by atoms with E-state index in [2.05, 4.69) is 5.32 Å². The van der Waals surface area contributed by atoms with Gasteiger partial charge in [-0.3, -0.25) is 0 Å². The molecule has 0 spiro atoms. The summed E-state index contributed by atoms with van der Waals surface area (Å²) < 4.78 is 21.3. The smallest absolute Gasteiger partial charge is 0.338 e. The van der Waals surface area contributed by atoms with Crippen LogP contribution in [0.1, 0.15) is 16.7 Å². The standard InChI is InChI=1S/C28H31NO6/c1-32-25-14-11-22(27(16-25)33-2)17-29-18-23(30)19-35-24-12-9-21(10-13-24)26(28(31)34-3)15-20-7-5-4-6-8-20/h4-16,23,29-30H,17-19H2,1-3H3. The van der Waals surface area contributed by atoms with Gasteiger partial charge in [0.25, 0.3) is 0 Å². The summed E-state index contributed by atoms with van der Waals surface area (Å²) in [5.41, 5.74) is 3.02. The minimum absolute atomic E-state index is 0.121. The molecule has 7 nitrogen and oxygen atoms in total. The average molecular weight is 478 g/mol. The van der Waals surface area contributed by atoms with Crippen molar-refractivity contribution in [1.82, 2.24) is 5.32 Å². The number of carbonyl (C=O) groups is 1. The first kappa shape index (κ1) is 25.8. The highest BCUT2D eigenvalue weighted by Crippen LogP contribution is 2.25. The maximum Gasteiger partial charge on any atom is 0.338 e. The molecule has 0 radical (unpaired) electrons. The number of carbonyl (C=O) groups excluding carboxylic acids is 1. The van der Waals surface area contributed by atoms with Gasteiger partial charge in [0.2, 0.25) is 0 Å². The quantitative estimate of drug-likeness (QED) is 0.232. The summed E-state index contributed by atoms with van der Waals surface area (Å²) in [7, 11) is 4.58. The molecule has 3 rings (SSSR count). The highest BCUT2D eigenvalue weighted by molar-refractivity contribution is 6.21. The molecule has 0 saturated carbocycles. The van der Waals surface area contributed by atoms with Gasteiger partial charge in [-0.25, -0.2) is 4.79 Å². The van der Waals surface area contributed by atoms with Crippen molar-refractivity contribution in [2.45, 2.75) is 12.6 Å². The molecule has 0 aliphatic rings. The Bertz CT molecular complexity index is 1110. The van der Waals surface area contributed by atoms with Gasteiger partial charge in [0.15, 0.2) is 0 Å². The normalized spacial score (nSPS) is 12.1. The predicted molar refractivity (Wildman–Crippen MR) is 136 cm³/mol. The van der Waals surface area contributed by atoms with Crippen molar-refractivity contribution in [2.75, 3.05) is 34.5 Å². The zero-order chi connectivity index (χ0) is 25.0. The minimum atomic E-state index is -0.706. The third-order valence-corrected chi connectivity index (χ3v) is 5.31. The van der Waals surface area contributed by atoms with E-state index in [1.54, 1.807) is 44.6 Å². The fourth-order valence-corrected chi connectivity index (χ4v) is 3.44. The Labute approximate surface area is 205 Å². The summed E-state index contributed by atoms with van der Waals surface area (Å²) >= 11 is 0. The average Bonchev–Trinajstić information content (AvgIpc) is 2.91. The first-order valence-corrected chi connectivity index (χ1v) is 11.2. The van der Waals surface area contributed by atoms with Gasteiger partial charge in [0.05, 0.1) is 26.9 Å². The van der Waals surface area contributed by atoms with E-state index in [0.29, 0.717) is 30.0 Å². The van der Waals surface area contributed by atoms with Crippen LogP contribution in [0.2, 0.25) is 0 Å². The summed E-state index contributed by atoms with van der Waals surface area (Å²) in [5.74, 6) is 1.61. The van der Waals surface area contributed by atoms with Crippen molar-refractivity contribution in [3.05, 3.63) is 89.5 Å². The summed E-state index contributed by atoms with van der Waals surface area (Å²) in [6.45, 7) is 0.998. The topological polar surface area (TPSA) is 86.3 Å². The molecule has 7 heteroatoms. The van der Waals surface area contributed by atoms with Crippen molar-refractivity contribution in [1.29, 1.82) is 0 Å². The molecular formula is C28H31NO6. The Kier molecular flexibility index (Phi) is 9.71. The fraction of sp³-hybridized carbons (Fsp3) is 0.250. The summed E-state index contributed by atoms with van der Waals surface area (Å²) in [6.07, 6.45) is 1.08. The molecule has 0 heterocycles. The van der Waals surface area contributed by atoms with Crippen molar-refractivity contribution in [2.24, 2.45) is 0 Å². The van der Waals surface area contributed by atoms with E-state index in [0.717, 1.165) is 22.6 Å². The van der Waals surface area contributed by atoms with Crippen molar-refractivity contribution in [3.63, 3.8) is 0 Å². The van der Waals surface area contributed by atoms with Crippen LogP contribution >= 0.6 is 0 Å². The lowest BCUT2D eigenvalue weighted by Crippen LogP contribution is -2.31. The second-order valence-electron chi connectivity index (χ2n) is 7.76. The Balaban J connectivity index is 1.53. The highest BCUT2D eigenvalue weighted by Gasteiger charge is 2.13. The van der Waals surface area contributed by atoms with E-state index in [1.807, 2.05) is 48.5 Å². The molecule has 1 unspecified atom stereocenters. The molecule has 0 amide bonds. The van der Waals surface area contributed by atoms with Gasteiger partial charge < -0.3 is 29.4 Å². The summed E-state index contributed by atoms with van der Waals surface area (Å²) in [5, 5.41) is 13.5. The molecule has 3 aromatic carbocycles. The number of aliphatic hydroxyl groups is 1. The van der Waals surface area contributed by atoms with E-state index in [9.17, 15) is 9.90 Å². The molecule has 1 atom stereocenters. The largest absolute Gasteiger partial charge is 0.497 e. The van der Waals surface area contributed by atoms with E-state index in [-0.39, 0.29) is 6.61 Å². The second kappa shape index (κ2) is 13.2. The number of rotatable bonds is 12. The van der Waals surface area contributed by atoms with Gasteiger partial charge in [-0.2, -0.15) is 0 Å². The number of aliphatic hydroxyl groups excluding tert-OH is 1. The summed E-state index contributed by atoms with van der Waals surface area (Å²) in [6, 6.07) is 22.3. The molecule has 184 valence electrons. The zero-order valence-corrected chi connectivity index (χ0v) is 20.2. The first-order chi connectivity index (χ1) is 17.0. The Hall–Kier alpha value is -3.81. The molecule has 35 heavy (non-hydrogen) atoms. The molecule has 2 N–H and O–H groups in total. The van der Waals surface area contributed by atoms with E-state index >= 15 is 0 Å². The zero-order valence-electron chi connectivity index (χ0n) is 20.2. The lowest BCUT2D eigenvalue weighted by Gasteiger charge is -2.15. The Morgan fingerprint density at radius 2 is 1.66 bits per heavy atom. The van der Waals surface area contributed by atoms with Crippen LogP contribution in [-0.4, -0.2) is 51.7 Å². The molecule has 3 aromatic rings. The van der Waals surface area contributed by atoms with Gasteiger partial charge in [0, 0.05) is 24.7 Å². The lowest BCUT2D eigenvalue weighted by atomic mass is 10.0. The molecule has 0 fully saturated rings. The van der Waals surface area contributed by atoms with Crippen LogP contribution in [0.25, 0.3) is 11.6 Å². The van der Waals surface area contributed by atoms with Gasteiger partial charge >= 0.3 is 5.97 Å². The number of esters is 1. The van der Waals surface area contributed by atoms with Crippen LogP contribution in [0, 0.1) is 0 Å².